The number of nitrogens with zero attached hydrogens (tertiary/aromatic N) is 1. The lowest BCUT2D eigenvalue weighted by Gasteiger charge is -2.24. The van der Waals surface area contributed by atoms with E-state index < -0.39 is 16.0 Å². The number of sulfonamides is 1. The van der Waals surface area contributed by atoms with Gasteiger partial charge in [-0.05, 0) is 38.5 Å². The fourth-order valence-corrected chi connectivity index (χ4v) is 4.28. The summed E-state index contributed by atoms with van der Waals surface area (Å²) in [5.74, 6) is -1.15. The number of rotatable bonds is 5. The van der Waals surface area contributed by atoms with E-state index in [1.54, 1.807) is 27.7 Å². The highest BCUT2D eigenvalue weighted by Gasteiger charge is 2.27. The molecule has 0 unspecified atom stereocenters. The van der Waals surface area contributed by atoms with E-state index in [0.29, 0.717) is 16.6 Å². The van der Waals surface area contributed by atoms with E-state index in [0.717, 1.165) is 0 Å². The van der Waals surface area contributed by atoms with Gasteiger partial charge in [-0.1, -0.05) is 22.9 Å². The first-order valence-corrected chi connectivity index (χ1v) is 8.41. The predicted molar refractivity (Wildman–Crippen MR) is 80.5 cm³/mol. The summed E-state index contributed by atoms with van der Waals surface area (Å²) in [5, 5.41) is 9.16. The molecule has 1 aromatic carbocycles. The summed E-state index contributed by atoms with van der Waals surface area (Å²) in [6.45, 7) is 7.27. The van der Waals surface area contributed by atoms with Crippen molar-refractivity contribution in [3.63, 3.8) is 0 Å². The van der Waals surface area contributed by atoms with Crippen molar-refractivity contribution in [2.24, 2.45) is 0 Å². The van der Waals surface area contributed by atoms with E-state index in [2.05, 4.69) is 15.9 Å². The van der Waals surface area contributed by atoms with Crippen LogP contribution in [0.3, 0.4) is 0 Å². The summed E-state index contributed by atoms with van der Waals surface area (Å²) in [4.78, 5) is 11.2. The van der Waals surface area contributed by atoms with Crippen molar-refractivity contribution < 1.29 is 18.3 Å². The summed E-state index contributed by atoms with van der Waals surface area (Å²) in [6, 6.07) is 2.46. The largest absolute Gasteiger partial charge is 0.478 e. The Hall–Kier alpha value is -0.920. The molecule has 0 bridgehead atoms. The Balaban J connectivity index is 3.51. The first kappa shape index (κ1) is 17.1. The highest BCUT2D eigenvalue weighted by Crippen LogP contribution is 2.27. The predicted octanol–water partition coefficient (Wildman–Crippen LogP) is 2.87. The van der Waals surface area contributed by atoms with E-state index in [4.69, 9.17) is 5.11 Å². The van der Waals surface area contributed by atoms with Crippen LogP contribution in [0.2, 0.25) is 0 Å². The van der Waals surface area contributed by atoms with Crippen molar-refractivity contribution in [3.05, 3.63) is 27.7 Å². The quantitative estimate of drug-likeness (QED) is 0.872. The number of hydrogen-bond donors (Lipinski definition) is 1. The van der Waals surface area contributed by atoms with Crippen LogP contribution in [-0.2, 0) is 10.0 Å². The van der Waals surface area contributed by atoms with E-state index in [1.807, 2.05) is 0 Å². The molecule has 5 nitrogen and oxygen atoms in total. The van der Waals surface area contributed by atoms with E-state index in [-0.39, 0.29) is 16.5 Å². The summed E-state index contributed by atoms with van der Waals surface area (Å²) in [6.07, 6.45) is 0. The molecule has 0 saturated carbocycles. The van der Waals surface area contributed by atoms with Gasteiger partial charge in [0.25, 0.3) is 0 Å². The first-order valence-electron chi connectivity index (χ1n) is 6.18. The van der Waals surface area contributed by atoms with Gasteiger partial charge in [-0.25, -0.2) is 13.2 Å². The van der Waals surface area contributed by atoms with Gasteiger partial charge in [0, 0.05) is 17.1 Å². The third-order valence-electron chi connectivity index (χ3n) is 3.04. The van der Waals surface area contributed by atoms with Crippen LogP contribution in [0.25, 0.3) is 0 Å². The molecule has 0 aliphatic rings. The van der Waals surface area contributed by atoms with Crippen LogP contribution < -0.4 is 0 Å². The Morgan fingerprint density at radius 3 is 2.35 bits per heavy atom. The molecule has 1 N–H and O–H groups in total. The van der Waals surface area contributed by atoms with Gasteiger partial charge in [0.15, 0.2) is 0 Å². The van der Waals surface area contributed by atoms with Crippen molar-refractivity contribution in [2.45, 2.75) is 38.6 Å². The summed E-state index contributed by atoms with van der Waals surface area (Å²) in [7, 11) is -3.71. The lowest BCUT2D eigenvalue weighted by Crippen LogP contribution is -2.36. The molecule has 112 valence electrons. The SMILES string of the molecule is CCN(C(C)C)S(=O)(=O)c1cc(Br)c(C)c(C(=O)O)c1. The maximum Gasteiger partial charge on any atom is 0.336 e. The molecular weight excluding hydrogens is 346 g/mol. The Kier molecular flexibility index (Phi) is 5.34. The molecule has 0 aliphatic carbocycles. The van der Waals surface area contributed by atoms with Gasteiger partial charge in [-0.3, -0.25) is 0 Å². The van der Waals surface area contributed by atoms with Crippen LogP contribution in [0.1, 0.15) is 36.7 Å². The number of carboxylic acid groups (broad SMARTS) is 1. The molecular formula is C13H18BrNO4S. The Morgan fingerprint density at radius 2 is 1.95 bits per heavy atom. The highest BCUT2D eigenvalue weighted by atomic mass is 79.9. The van der Waals surface area contributed by atoms with Crippen molar-refractivity contribution in [2.75, 3.05) is 6.54 Å². The number of carboxylic acids is 1. The molecule has 0 atom stereocenters. The normalized spacial score (nSPS) is 12.2. The molecule has 0 radical (unpaired) electrons. The molecule has 1 aromatic rings. The maximum atomic E-state index is 12.6. The second kappa shape index (κ2) is 6.24. The van der Waals surface area contributed by atoms with E-state index in [9.17, 15) is 13.2 Å². The van der Waals surface area contributed by atoms with Crippen molar-refractivity contribution in [1.82, 2.24) is 4.31 Å². The molecule has 0 aromatic heterocycles. The molecule has 0 heterocycles. The summed E-state index contributed by atoms with van der Waals surface area (Å²) >= 11 is 3.22. The van der Waals surface area contributed by atoms with Crippen LogP contribution in [0.5, 0.6) is 0 Å². The van der Waals surface area contributed by atoms with Crippen molar-refractivity contribution >= 4 is 31.9 Å². The zero-order valence-electron chi connectivity index (χ0n) is 11.8. The third-order valence-corrected chi connectivity index (χ3v) is 5.99. The van der Waals surface area contributed by atoms with Gasteiger partial charge < -0.3 is 5.11 Å². The zero-order chi connectivity index (χ0) is 15.7. The summed E-state index contributed by atoms with van der Waals surface area (Å²) < 4.78 is 26.9. The number of halogens is 1. The number of benzene rings is 1. The second-order valence-corrected chi connectivity index (χ2v) is 7.43. The fraction of sp³-hybridized carbons (Fsp3) is 0.462. The van der Waals surface area contributed by atoms with Crippen LogP contribution in [-0.4, -0.2) is 36.4 Å². The third kappa shape index (κ3) is 3.21. The Bertz CT molecular complexity index is 626. The first-order chi connectivity index (χ1) is 9.12. The molecule has 7 heteroatoms. The minimum atomic E-state index is -3.71. The maximum absolute atomic E-state index is 12.6. The topological polar surface area (TPSA) is 74.7 Å². The Labute approximate surface area is 127 Å². The van der Waals surface area contributed by atoms with Crippen LogP contribution in [0.4, 0.5) is 0 Å². The van der Waals surface area contributed by atoms with Crippen LogP contribution >= 0.6 is 15.9 Å². The standard InChI is InChI=1S/C13H18BrNO4S/c1-5-15(8(2)3)20(18,19)10-6-11(13(16)17)9(4)12(14)7-10/h6-8H,5H2,1-4H3,(H,16,17). The molecule has 0 amide bonds. The number of aromatic carboxylic acids is 1. The van der Waals surface area contributed by atoms with Gasteiger partial charge in [0.1, 0.15) is 0 Å². The molecule has 0 saturated heterocycles. The molecule has 20 heavy (non-hydrogen) atoms. The smallest absolute Gasteiger partial charge is 0.336 e. The zero-order valence-corrected chi connectivity index (χ0v) is 14.2. The molecule has 0 spiro atoms. The van der Waals surface area contributed by atoms with Crippen LogP contribution in [0, 0.1) is 6.92 Å². The van der Waals surface area contributed by atoms with E-state index >= 15 is 0 Å². The fourth-order valence-electron chi connectivity index (χ4n) is 1.97. The monoisotopic (exact) mass is 363 g/mol. The van der Waals surface area contributed by atoms with Gasteiger partial charge in [-0.2, -0.15) is 4.31 Å². The Morgan fingerprint density at radius 1 is 1.40 bits per heavy atom. The minimum Gasteiger partial charge on any atom is -0.478 e. The lowest BCUT2D eigenvalue weighted by molar-refractivity contribution is 0.0695. The van der Waals surface area contributed by atoms with Crippen LogP contribution in [0.15, 0.2) is 21.5 Å². The molecule has 0 fully saturated rings. The lowest BCUT2D eigenvalue weighted by atomic mass is 10.1. The molecule has 1 rings (SSSR count). The van der Waals surface area contributed by atoms with Gasteiger partial charge >= 0.3 is 5.97 Å². The van der Waals surface area contributed by atoms with E-state index in [1.165, 1.54) is 16.4 Å². The van der Waals surface area contributed by atoms with Crippen molar-refractivity contribution in [3.8, 4) is 0 Å². The van der Waals surface area contributed by atoms with Gasteiger partial charge in [0.2, 0.25) is 10.0 Å². The summed E-state index contributed by atoms with van der Waals surface area (Å²) in [5.41, 5.74) is 0.488. The van der Waals surface area contributed by atoms with Gasteiger partial charge in [-0.15, -0.1) is 0 Å². The highest BCUT2D eigenvalue weighted by molar-refractivity contribution is 9.10. The van der Waals surface area contributed by atoms with Crippen molar-refractivity contribution in [1.29, 1.82) is 0 Å². The minimum absolute atomic E-state index is 0.0112. The number of carbonyl (C=O) groups is 1. The van der Waals surface area contributed by atoms with Gasteiger partial charge in [0.05, 0.1) is 10.5 Å². The second-order valence-electron chi connectivity index (χ2n) is 4.68. The average Bonchev–Trinajstić information content (AvgIpc) is 2.31. The molecule has 0 aliphatic heterocycles. The number of hydrogen-bond acceptors (Lipinski definition) is 3. The average molecular weight is 364 g/mol.